The smallest absolute Gasteiger partial charge is 0.198 e. The molecule has 0 amide bonds. The number of ketones is 1. The van der Waals surface area contributed by atoms with E-state index in [-0.39, 0.29) is 5.78 Å². The summed E-state index contributed by atoms with van der Waals surface area (Å²) in [6.07, 6.45) is 0. The van der Waals surface area contributed by atoms with Gasteiger partial charge in [-0.1, -0.05) is 12.1 Å². The standard InChI is InChI=1S/C22H20O5/c1-11-9-13-16(15(10-11)25-3)18-19(20(13)23)22(27-5)17-12(21(18)26-4)7-6-8-14(17)24-2/h6-10H,1-5H3. The van der Waals surface area contributed by atoms with Crippen LogP contribution >= 0.6 is 0 Å². The Kier molecular flexibility index (Phi) is 3.95. The van der Waals surface area contributed by atoms with E-state index in [0.29, 0.717) is 39.7 Å². The highest BCUT2D eigenvalue weighted by Crippen LogP contribution is 2.55. The molecule has 4 rings (SSSR count). The van der Waals surface area contributed by atoms with Gasteiger partial charge in [0, 0.05) is 22.1 Å². The minimum Gasteiger partial charge on any atom is -0.496 e. The number of aryl methyl sites for hydroxylation is 1. The maximum absolute atomic E-state index is 13.4. The maximum atomic E-state index is 13.4. The van der Waals surface area contributed by atoms with Gasteiger partial charge in [-0.25, -0.2) is 0 Å². The second-order valence-electron chi connectivity index (χ2n) is 6.42. The molecule has 0 atom stereocenters. The first-order valence-electron chi connectivity index (χ1n) is 8.55. The summed E-state index contributed by atoms with van der Waals surface area (Å²) in [4.78, 5) is 13.4. The topological polar surface area (TPSA) is 54.0 Å². The Bertz CT molecular complexity index is 1100. The van der Waals surface area contributed by atoms with E-state index in [0.717, 1.165) is 21.9 Å². The van der Waals surface area contributed by atoms with Gasteiger partial charge in [0.25, 0.3) is 0 Å². The molecular formula is C22H20O5. The fourth-order valence-corrected chi connectivity index (χ4v) is 3.97. The van der Waals surface area contributed by atoms with Crippen molar-refractivity contribution in [3.8, 4) is 34.1 Å². The fourth-order valence-electron chi connectivity index (χ4n) is 3.97. The van der Waals surface area contributed by atoms with Crippen molar-refractivity contribution in [3.05, 3.63) is 47.0 Å². The van der Waals surface area contributed by atoms with E-state index in [1.807, 2.05) is 37.3 Å². The van der Waals surface area contributed by atoms with Crippen LogP contribution in [0.3, 0.4) is 0 Å². The highest BCUT2D eigenvalue weighted by atomic mass is 16.5. The maximum Gasteiger partial charge on any atom is 0.198 e. The summed E-state index contributed by atoms with van der Waals surface area (Å²) >= 11 is 0. The zero-order valence-electron chi connectivity index (χ0n) is 15.9. The normalized spacial score (nSPS) is 12.0. The summed E-state index contributed by atoms with van der Waals surface area (Å²) in [5.74, 6) is 2.25. The van der Waals surface area contributed by atoms with Crippen LogP contribution < -0.4 is 18.9 Å². The molecule has 3 aromatic rings. The van der Waals surface area contributed by atoms with Crippen molar-refractivity contribution in [1.82, 2.24) is 0 Å². The summed E-state index contributed by atoms with van der Waals surface area (Å²) in [6, 6.07) is 9.46. The number of hydrogen-bond acceptors (Lipinski definition) is 5. The van der Waals surface area contributed by atoms with E-state index in [2.05, 4.69) is 0 Å². The Balaban J connectivity index is 2.26. The van der Waals surface area contributed by atoms with Crippen LogP contribution in [0.1, 0.15) is 21.5 Å². The Hall–Kier alpha value is -3.21. The van der Waals surface area contributed by atoms with Crippen molar-refractivity contribution >= 4 is 16.6 Å². The van der Waals surface area contributed by atoms with Crippen molar-refractivity contribution in [2.45, 2.75) is 6.92 Å². The van der Waals surface area contributed by atoms with Crippen molar-refractivity contribution in [1.29, 1.82) is 0 Å². The van der Waals surface area contributed by atoms with E-state index in [9.17, 15) is 4.79 Å². The lowest BCUT2D eigenvalue weighted by Crippen LogP contribution is -2.02. The zero-order chi connectivity index (χ0) is 19.3. The van der Waals surface area contributed by atoms with Crippen LogP contribution in [0.2, 0.25) is 0 Å². The molecule has 3 aromatic carbocycles. The Morgan fingerprint density at radius 2 is 1.44 bits per heavy atom. The van der Waals surface area contributed by atoms with Gasteiger partial charge >= 0.3 is 0 Å². The van der Waals surface area contributed by atoms with E-state index >= 15 is 0 Å². The summed E-state index contributed by atoms with van der Waals surface area (Å²) in [5.41, 5.74) is 3.46. The molecule has 0 radical (unpaired) electrons. The van der Waals surface area contributed by atoms with Gasteiger partial charge in [-0.15, -0.1) is 0 Å². The van der Waals surface area contributed by atoms with Crippen molar-refractivity contribution in [3.63, 3.8) is 0 Å². The molecule has 0 saturated carbocycles. The number of methoxy groups -OCH3 is 4. The van der Waals surface area contributed by atoms with Crippen LogP contribution in [0.15, 0.2) is 30.3 Å². The Labute approximate surface area is 157 Å². The summed E-state index contributed by atoms with van der Waals surface area (Å²) in [5, 5.41) is 1.53. The quantitative estimate of drug-likeness (QED) is 0.537. The van der Waals surface area contributed by atoms with Gasteiger partial charge < -0.3 is 18.9 Å². The molecule has 5 nitrogen and oxygen atoms in total. The highest BCUT2D eigenvalue weighted by molar-refractivity contribution is 6.28. The highest BCUT2D eigenvalue weighted by Gasteiger charge is 2.38. The first kappa shape index (κ1) is 17.2. The largest absolute Gasteiger partial charge is 0.496 e. The molecule has 0 fully saturated rings. The molecule has 1 aliphatic rings. The van der Waals surface area contributed by atoms with Gasteiger partial charge in [-0.2, -0.15) is 0 Å². The second-order valence-corrected chi connectivity index (χ2v) is 6.42. The SMILES string of the molecule is COc1cc(C)cc2c1-c1c(c(OC)c3c(OC)cccc3c1OC)C2=O. The number of ether oxygens (including phenoxy) is 4. The summed E-state index contributed by atoms with van der Waals surface area (Å²) < 4.78 is 22.6. The Morgan fingerprint density at radius 3 is 2.07 bits per heavy atom. The molecular weight excluding hydrogens is 344 g/mol. The van der Waals surface area contributed by atoms with Crippen molar-refractivity contribution < 1.29 is 23.7 Å². The average Bonchev–Trinajstić information content (AvgIpc) is 2.97. The van der Waals surface area contributed by atoms with Crippen LogP contribution in [0.4, 0.5) is 0 Å². The predicted molar refractivity (Wildman–Crippen MR) is 104 cm³/mol. The zero-order valence-corrected chi connectivity index (χ0v) is 15.9. The summed E-state index contributed by atoms with van der Waals surface area (Å²) in [6.45, 7) is 1.94. The lowest BCUT2D eigenvalue weighted by Gasteiger charge is -2.18. The average molecular weight is 364 g/mol. The molecule has 0 spiro atoms. The Morgan fingerprint density at radius 1 is 0.741 bits per heavy atom. The number of fused-ring (bicyclic) bond motifs is 4. The number of benzene rings is 3. The third-order valence-corrected chi connectivity index (χ3v) is 5.02. The van der Waals surface area contributed by atoms with Crippen LogP contribution in [0, 0.1) is 6.92 Å². The molecule has 138 valence electrons. The van der Waals surface area contributed by atoms with Gasteiger partial charge in [-0.3, -0.25) is 4.79 Å². The number of carbonyl (C=O) groups is 1. The monoisotopic (exact) mass is 364 g/mol. The number of hydrogen-bond donors (Lipinski definition) is 0. The third kappa shape index (κ3) is 2.21. The molecule has 0 heterocycles. The van der Waals surface area contributed by atoms with Crippen molar-refractivity contribution in [2.75, 3.05) is 28.4 Å². The fraction of sp³-hybridized carbons (Fsp3) is 0.227. The van der Waals surface area contributed by atoms with Crippen LogP contribution in [0.5, 0.6) is 23.0 Å². The molecule has 27 heavy (non-hydrogen) atoms. The molecule has 0 N–H and O–H groups in total. The van der Waals surface area contributed by atoms with Gasteiger partial charge in [0.15, 0.2) is 5.78 Å². The van der Waals surface area contributed by atoms with Crippen LogP contribution in [-0.2, 0) is 0 Å². The van der Waals surface area contributed by atoms with Gasteiger partial charge in [0.2, 0.25) is 0 Å². The molecule has 1 aliphatic carbocycles. The molecule has 0 bridgehead atoms. The predicted octanol–water partition coefficient (Wildman–Crippen LogP) is 4.39. The van der Waals surface area contributed by atoms with Crippen LogP contribution in [-0.4, -0.2) is 34.2 Å². The van der Waals surface area contributed by atoms with E-state index in [1.165, 1.54) is 0 Å². The summed E-state index contributed by atoms with van der Waals surface area (Å²) in [7, 11) is 6.36. The van der Waals surface area contributed by atoms with E-state index in [4.69, 9.17) is 18.9 Å². The molecule has 0 aliphatic heterocycles. The minimum atomic E-state index is -0.107. The third-order valence-electron chi connectivity index (χ3n) is 5.02. The molecule has 5 heteroatoms. The molecule has 0 aromatic heterocycles. The lowest BCUT2D eigenvalue weighted by atomic mass is 9.96. The molecule has 0 unspecified atom stereocenters. The first-order chi connectivity index (χ1) is 13.1. The van der Waals surface area contributed by atoms with E-state index in [1.54, 1.807) is 28.4 Å². The molecule has 0 saturated heterocycles. The van der Waals surface area contributed by atoms with Gasteiger partial charge in [0.1, 0.15) is 23.0 Å². The second kappa shape index (κ2) is 6.20. The van der Waals surface area contributed by atoms with E-state index < -0.39 is 0 Å². The van der Waals surface area contributed by atoms with Gasteiger partial charge in [0.05, 0.1) is 39.4 Å². The van der Waals surface area contributed by atoms with Gasteiger partial charge in [-0.05, 0) is 30.7 Å². The first-order valence-corrected chi connectivity index (χ1v) is 8.55. The van der Waals surface area contributed by atoms with Crippen LogP contribution in [0.25, 0.3) is 21.9 Å². The number of rotatable bonds is 4. The lowest BCUT2D eigenvalue weighted by molar-refractivity contribution is 0.104. The van der Waals surface area contributed by atoms with Crippen molar-refractivity contribution in [2.24, 2.45) is 0 Å². The number of carbonyl (C=O) groups excluding carboxylic acids is 1. The minimum absolute atomic E-state index is 0.107.